The largest absolute Gasteiger partial charge is 0.308 e. The molecule has 12 heteroatoms. The van der Waals surface area contributed by atoms with Crippen LogP contribution in [0, 0.1) is 5.82 Å². The van der Waals surface area contributed by atoms with E-state index in [-0.39, 0.29) is 28.4 Å². The van der Waals surface area contributed by atoms with Crippen molar-refractivity contribution in [2.45, 2.75) is 21.6 Å². The second kappa shape index (κ2) is 9.48. The van der Waals surface area contributed by atoms with Gasteiger partial charge in [0.15, 0.2) is 15.7 Å². The van der Waals surface area contributed by atoms with Crippen LogP contribution in [0.3, 0.4) is 0 Å². The second-order valence-electron chi connectivity index (χ2n) is 8.61. The van der Waals surface area contributed by atoms with Gasteiger partial charge in [0.2, 0.25) is 5.91 Å². The zero-order valence-electron chi connectivity index (χ0n) is 19.3. The smallest absolute Gasteiger partial charge is 0.250 e. The summed E-state index contributed by atoms with van der Waals surface area (Å²) in [6.07, 6.45) is 0.991. The Kier molecular flexibility index (Phi) is 6.61. The normalized spacial score (nSPS) is 16.6. The predicted molar refractivity (Wildman–Crippen MR) is 143 cm³/mol. The highest BCUT2D eigenvalue weighted by atomic mass is 35.5. The summed E-state index contributed by atoms with van der Waals surface area (Å²) in [6, 6.07) is 16.7. The van der Waals surface area contributed by atoms with Crippen molar-refractivity contribution in [3.8, 4) is 11.1 Å². The first-order chi connectivity index (χ1) is 17.5. The Balaban J connectivity index is 1.45. The molecule has 0 spiro atoms. The SMILES string of the molecule is CS(=O)(=O)c1c(-c2ccccc2)ccc(N2CC[C@H](NS(=O)(=O)c3cc4ccc(Cl)cc4s3)C2=O)c1F. The molecule has 1 aliphatic heterocycles. The molecule has 3 aromatic carbocycles. The van der Waals surface area contributed by atoms with Crippen molar-refractivity contribution in [2.24, 2.45) is 0 Å². The molecule has 0 radical (unpaired) electrons. The number of sulfone groups is 1. The van der Waals surface area contributed by atoms with Crippen molar-refractivity contribution < 1.29 is 26.0 Å². The second-order valence-corrected chi connectivity index (χ2v) is 14.0. The molecule has 4 aromatic rings. The van der Waals surface area contributed by atoms with Crippen LogP contribution >= 0.6 is 22.9 Å². The van der Waals surface area contributed by atoms with E-state index >= 15 is 4.39 Å². The van der Waals surface area contributed by atoms with Gasteiger partial charge in [0, 0.05) is 28.1 Å². The van der Waals surface area contributed by atoms with Gasteiger partial charge in [-0.2, -0.15) is 4.72 Å². The van der Waals surface area contributed by atoms with Crippen molar-refractivity contribution in [1.82, 2.24) is 4.72 Å². The van der Waals surface area contributed by atoms with Gasteiger partial charge in [0.1, 0.15) is 15.1 Å². The Morgan fingerprint density at radius 2 is 1.76 bits per heavy atom. The fraction of sp³-hybridized carbons (Fsp3) is 0.160. The van der Waals surface area contributed by atoms with E-state index in [0.717, 1.165) is 22.5 Å². The van der Waals surface area contributed by atoms with Crippen molar-refractivity contribution >= 4 is 64.5 Å². The summed E-state index contributed by atoms with van der Waals surface area (Å²) < 4.78 is 70.0. The van der Waals surface area contributed by atoms with Crippen LogP contribution in [0.25, 0.3) is 21.2 Å². The molecule has 5 rings (SSSR count). The van der Waals surface area contributed by atoms with Crippen LogP contribution in [0.15, 0.2) is 75.8 Å². The molecule has 7 nitrogen and oxygen atoms in total. The van der Waals surface area contributed by atoms with Gasteiger partial charge < -0.3 is 4.90 Å². The van der Waals surface area contributed by atoms with Gasteiger partial charge in [-0.15, -0.1) is 11.3 Å². The summed E-state index contributed by atoms with van der Waals surface area (Å²) in [6.45, 7) is 0.0127. The first-order valence-electron chi connectivity index (χ1n) is 11.1. The monoisotopic (exact) mass is 578 g/mol. The van der Waals surface area contributed by atoms with Gasteiger partial charge in [-0.1, -0.05) is 54.1 Å². The number of nitrogens with one attached hydrogen (secondary N) is 1. The number of hydrogen-bond acceptors (Lipinski definition) is 6. The molecule has 1 aromatic heterocycles. The molecule has 0 unspecified atom stereocenters. The summed E-state index contributed by atoms with van der Waals surface area (Å²) in [5.41, 5.74) is 0.470. The molecular weight excluding hydrogens is 559 g/mol. The molecule has 2 heterocycles. The van der Waals surface area contributed by atoms with Crippen molar-refractivity contribution in [3.63, 3.8) is 0 Å². The van der Waals surface area contributed by atoms with Gasteiger partial charge in [0.25, 0.3) is 10.0 Å². The fourth-order valence-corrected chi connectivity index (χ4v) is 8.28. The first-order valence-corrected chi connectivity index (χ1v) is 15.6. The number of thiophene rings is 1. The topological polar surface area (TPSA) is 101 Å². The Morgan fingerprint density at radius 3 is 2.46 bits per heavy atom. The summed E-state index contributed by atoms with van der Waals surface area (Å²) in [4.78, 5) is 13.7. The van der Waals surface area contributed by atoms with E-state index in [4.69, 9.17) is 11.6 Å². The molecule has 0 saturated carbocycles. The summed E-state index contributed by atoms with van der Waals surface area (Å²) >= 11 is 7.01. The first kappa shape index (κ1) is 25.8. The van der Waals surface area contributed by atoms with Crippen LogP contribution in [0.5, 0.6) is 0 Å². The third-order valence-electron chi connectivity index (χ3n) is 6.05. The van der Waals surface area contributed by atoms with E-state index in [9.17, 15) is 21.6 Å². The number of amides is 1. The number of nitrogens with zero attached hydrogens (tertiary/aromatic N) is 1. The van der Waals surface area contributed by atoms with Crippen LogP contribution in [0.1, 0.15) is 6.42 Å². The number of hydrogen-bond donors (Lipinski definition) is 1. The lowest BCUT2D eigenvalue weighted by atomic mass is 10.0. The van der Waals surface area contributed by atoms with E-state index in [1.165, 1.54) is 18.2 Å². The Bertz CT molecular complexity index is 1760. The van der Waals surface area contributed by atoms with Crippen molar-refractivity contribution in [1.29, 1.82) is 0 Å². The average molecular weight is 579 g/mol. The van der Waals surface area contributed by atoms with Crippen LogP contribution in [0.2, 0.25) is 5.02 Å². The zero-order chi connectivity index (χ0) is 26.5. The molecule has 0 aliphatic carbocycles. The molecular formula is C25H20ClFN2O5S3. The lowest BCUT2D eigenvalue weighted by molar-refractivity contribution is -0.118. The third-order valence-corrected chi connectivity index (χ3v) is 10.5. The maximum Gasteiger partial charge on any atom is 0.250 e. The number of sulfonamides is 1. The molecule has 1 atom stereocenters. The lowest BCUT2D eigenvalue weighted by Crippen LogP contribution is -2.41. The van der Waals surface area contributed by atoms with Gasteiger partial charge in [0.05, 0.1) is 5.69 Å². The highest BCUT2D eigenvalue weighted by Gasteiger charge is 2.38. The molecule has 1 aliphatic rings. The van der Waals surface area contributed by atoms with Gasteiger partial charge in [-0.3, -0.25) is 4.79 Å². The molecule has 37 heavy (non-hydrogen) atoms. The Labute approximate surface area is 222 Å². The van der Waals surface area contributed by atoms with Crippen LogP contribution < -0.4 is 9.62 Å². The Hall–Kier alpha value is -2.83. The van der Waals surface area contributed by atoms with Crippen molar-refractivity contribution in [3.05, 3.63) is 77.6 Å². The van der Waals surface area contributed by atoms with Gasteiger partial charge in [-0.05, 0) is 41.6 Å². The summed E-state index contributed by atoms with van der Waals surface area (Å²) in [7, 11) is -8.06. The maximum absolute atomic E-state index is 15.7. The molecule has 0 bridgehead atoms. The van der Waals surface area contributed by atoms with Crippen LogP contribution in [-0.2, 0) is 24.7 Å². The zero-order valence-corrected chi connectivity index (χ0v) is 22.5. The third kappa shape index (κ3) is 4.89. The Morgan fingerprint density at radius 1 is 1.03 bits per heavy atom. The van der Waals surface area contributed by atoms with E-state index in [1.807, 2.05) is 0 Å². The number of carbonyl (C=O) groups is 1. The fourth-order valence-electron chi connectivity index (χ4n) is 4.35. The van der Waals surface area contributed by atoms with Crippen molar-refractivity contribution in [2.75, 3.05) is 17.7 Å². The number of rotatable bonds is 6. The lowest BCUT2D eigenvalue weighted by Gasteiger charge is -2.20. The number of fused-ring (bicyclic) bond motifs is 1. The molecule has 1 N–H and O–H groups in total. The number of anilines is 1. The van der Waals surface area contributed by atoms with E-state index in [2.05, 4.69) is 4.72 Å². The quantitative estimate of drug-likeness (QED) is 0.353. The minimum Gasteiger partial charge on any atom is -0.308 e. The van der Waals surface area contributed by atoms with Gasteiger partial charge >= 0.3 is 0 Å². The molecule has 1 amide bonds. The van der Waals surface area contributed by atoms with Gasteiger partial charge in [-0.25, -0.2) is 21.2 Å². The minimum absolute atomic E-state index is 0.0127. The highest BCUT2D eigenvalue weighted by Crippen LogP contribution is 2.37. The highest BCUT2D eigenvalue weighted by molar-refractivity contribution is 7.92. The number of carbonyl (C=O) groups excluding carboxylic acids is 1. The van der Waals surface area contributed by atoms with E-state index in [0.29, 0.717) is 20.7 Å². The molecule has 192 valence electrons. The van der Waals surface area contributed by atoms with E-state index < -0.39 is 42.5 Å². The molecule has 1 saturated heterocycles. The molecule has 1 fully saturated rings. The predicted octanol–water partition coefficient (Wildman–Crippen LogP) is 4.85. The van der Waals surface area contributed by atoms with E-state index in [1.54, 1.807) is 48.5 Å². The number of halogens is 2. The summed E-state index contributed by atoms with van der Waals surface area (Å²) in [5, 5.41) is 1.17. The minimum atomic E-state index is -4.05. The summed E-state index contributed by atoms with van der Waals surface area (Å²) in [5.74, 6) is -1.72. The van der Waals surface area contributed by atoms with Crippen LogP contribution in [0.4, 0.5) is 10.1 Å². The standard InChI is InChI=1S/C25H20ClFN2O5S3/c1-36(31,32)24-18(15-5-3-2-4-6-15)9-10-20(23(24)27)29-12-11-19(25(29)30)28-37(33,34)22-13-16-7-8-17(26)14-21(16)35-22/h2-10,13-14,19,28H,11-12H2,1H3/t19-/m0/s1. The average Bonchev–Trinajstić information content (AvgIpc) is 3.42. The maximum atomic E-state index is 15.7. The van der Waals surface area contributed by atoms with Crippen LogP contribution in [-0.4, -0.2) is 41.6 Å². The number of benzene rings is 3.